The maximum Gasteiger partial charge on any atom is 0.127 e. The smallest absolute Gasteiger partial charge is 0.127 e. The summed E-state index contributed by atoms with van der Waals surface area (Å²) in [4.78, 5) is 0. The summed E-state index contributed by atoms with van der Waals surface area (Å²) in [5, 5.41) is 0. The predicted octanol–water partition coefficient (Wildman–Crippen LogP) is 4.15. The maximum absolute atomic E-state index is 12.7. The molecule has 1 aromatic heterocycles. The van der Waals surface area contributed by atoms with Crippen LogP contribution >= 0.6 is 0 Å². The molecule has 0 bridgehead atoms. The summed E-state index contributed by atoms with van der Waals surface area (Å²) in [6.45, 7) is 2.05. The van der Waals surface area contributed by atoms with Crippen LogP contribution in [0.4, 0.5) is 4.39 Å². The van der Waals surface area contributed by atoms with Gasteiger partial charge in [0.15, 0.2) is 0 Å². The molecule has 16 heavy (non-hydrogen) atoms. The number of furan rings is 1. The lowest BCUT2D eigenvalue weighted by Crippen LogP contribution is -1.74. The van der Waals surface area contributed by atoms with Gasteiger partial charge in [-0.1, -0.05) is 25.1 Å². The molecule has 0 aliphatic carbocycles. The van der Waals surface area contributed by atoms with Gasteiger partial charge in [-0.3, -0.25) is 0 Å². The largest absolute Gasteiger partial charge is 0.462 e. The van der Waals surface area contributed by atoms with Crippen LogP contribution in [-0.4, -0.2) is 0 Å². The van der Waals surface area contributed by atoms with Gasteiger partial charge in [0, 0.05) is 6.42 Å². The van der Waals surface area contributed by atoms with Crippen molar-refractivity contribution in [1.29, 1.82) is 0 Å². The molecule has 0 N–H and O–H groups in total. The van der Waals surface area contributed by atoms with Crippen LogP contribution in [0.25, 0.3) is 12.2 Å². The molecule has 0 saturated heterocycles. The van der Waals surface area contributed by atoms with Gasteiger partial charge in [-0.15, -0.1) is 0 Å². The molecule has 0 saturated carbocycles. The van der Waals surface area contributed by atoms with Crippen molar-refractivity contribution < 1.29 is 8.81 Å². The first-order chi connectivity index (χ1) is 7.78. The molecule has 0 aliphatic rings. The molecular weight excluding hydrogens is 203 g/mol. The summed E-state index contributed by atoms with van der Waals surface area (Å²) in [6, 6.07) is 10.2. The average Bonchev–Trinajstić information content (AvgIpc) is 2.76. The van der Waals surface area contributed by atoms with E-state index in [2.05, 4.69) is 0 Å². The number of hydrogen-bond donors (Lipinski definition) is 0. The fourth-order valence-electron chi connectivity index (χ4n) is 1.43. The summed E-state index contributed by atoms with van der Waals surface area (Å²) < 4.78 is 18.2. The van der Waals surface area contributed by atoms with Gasteiger partial charge in [0.2, 0.25) is 0 Å². The van der Waals surface area contributed by atoms with Crippen LogP contribution in [-0.2, 0) is 6.42 Å². The van der Waals surface area contributed by atoms with E-state index in [1.165, 1.54) is 12.1 Å². The molecule has 0 radical (unpaired) electrons. The van der Waals surface area contributed by atoms with E-state index in [9.17, 15) is 4.39 Å². The van der Waals surface area contributed by atoms with Crippen LogP contribution in [0, 0.1) is 5.82 Å². The molecule has 0 fully saturated rings. The van der Waals surface area contributed by atoms with Crippen LogP contribution < -0.4 is 0 Å². The molecule has 0 amide bonds. The second-order valence-electron chi connectivity index (χ2n) is 3.54. The summed E-state index contributed by atoms with van der Waals surface area (Å²) in [6.07, 6.45) is 4.68. The Balaban J connectivity index is 2.11. The summed E-state index contributed by atoms with van der Waals surface area (Å²) in [5.41, 5.74) is 0.954. The molecule has 2 rings (SSSR count). The zero-order valence-corrected chi connectivity index (χ0v) is 9.11. The Morgan fingerprint density at radius 1 is 1.06 bits per heavy atom. The highest BCUT2D eigenvalue weighted by Crippen LogP contribution is 2.12. The van der Waals surface area contributed by atoms with E-state index < -0.39 is 0 Å². The minimum atomic E-state index is -0.219. The van der Waals surface area contributed by atoms with Crippen LogP contribution in [0.1, 0.15) is 24.0 Å². The van der Waals surface area contributed by atoms with Gasteiger partial charge in [-0.2, -0.15) is 0 Å². The standard InChI is InChI=1S/C14H13FO/c1-2-13-9-10-14(16-13)8-5-11-3-6-12(15)7-4-11/h3-10H,2H2,1H3/b8-5+. The lowest BCUT2D eigenvalue weighted by molar-refractivity contribution is 0.508. The average molecular weight is 216 g/mol. The Labute approximate surface area is 94.2 Å². The highest BCUT2D eigenvalue weighted by Gasteiger charge is 1.95. The highest BCUT2D eigenvalue weighted by molar-refractivity contribution is 5.67. The third kappa shape index (κ3) is 2.60. The van der Waals surface area contributed by atoms with Crippen molar-refractivity contribution in [3.05, 3.63) is 59.3 Å². The van der Waals surface area contributed by atoms with Crippen molar-refractivity contribution >= 4 is 12.2 Å². The number of halogens is 1. The van der Waals surface area contributed by atoms with Gasteiger partial charge in [-0.05, 0) is 35.9 Å². The molecule has 1 heterocycles. The van der Waals surface area contributed by atoms with Crippen molar-refractivity contribution in [3.8, 4) is 0 Å². The fourth-order valence-corrected chi connectivity index (χ4v) is 1.43. The Bertz CT molecular complexity index is 480. The Morgan fingerprint density at radius 3 is 2.44 bits per heavy atom. The number of benzene rings is 1. The molecule has 0 aliphatic heterocycles. The van der Waals surface area contributed by atoms with Crippen molar-refractivity contribution in [3.63, 3.8) is 0 Å². The van der Waals surface area contributed by atoms with Gasteiger partial charge in [0.05, 0.1) is 0 Å². The molecule has 1 nitrogen and oxygen atoms in total. The van der Waals surface area contributed by atoms with Gasteiger partial charge in [0.1, 0.15) is 17.3 Å². The van der Waals surface area contributed by atoms with E-state index in [4.69, 9.17) is 4.42 Å². The molecule has 0 atom stereocenters. The van der Waals surface area contributed by atoms with Crippen molar-refractivity contribution in [2.75, 3.05) is 0 Å². The molecule has 0 unspecified atom stereocenters. The van der Waals surface area contributed by atoms with Crippen LogP contribution in [0.5, 0.6) is 0 Å². The Morgan fingerprint density at radius 2 is 1.81 bits per heavy atom. The van der Waals surface area contributed by atoms with Gasteiger partial charge >= 0.3 is 0 Å². The fraction of sp³-hybridized carbons (Fsp3) is 0.143. The molecule has 2 heteroatoms. The Hall–Kier alpha value is -1.83. The number of rotatable bonds is 3. The van der Waals surface area contributed by atoms with Crippen molar-refractivity contribution in [2.24, 2.45) is 0 Å². The van der Waals surface area contributed by atoms with Gasteiger partial charge in [0.25, 0.3) is 0 Å². The lowest BCUT2D eigenvalue weighted by Gasteiger charge is -1.92. The third-order valence-electron chi connectivity index (χ3n) is 2.34. The van der Waals surface area contributed by atoms with E-state index in [0.717, 1.165) is 23.5 Å². The Kier molecular flexibility index (Phi) is 3.20. The van der Waals surface area contributed by atoms with Crippen molar-refractivity contribution in [1.82, 2.24) is 0 Å². The van der Waals surface area contributed by atoms with Gasteiger partial charge < -0.3 is 4.42 Å². The minimum absolute atomic E-state index is 0.219. The first kappa shape index (κ1) is 10.7. The molecule has 1 aromatic carbocycles. The van der Waals surface area contributed by atoms with E-state index >= 15 is 0 Å². The first-order valence-electron chi connectivity index (χ1n) is 5.30. The second-order valence-corrected chi connectivity index (χ2v) is 3.54. The first-order valence-corrected chi connectivity index (χ1v) is 5.30. The monoisotopic (exact) mass is 216 g/mol. The second kappa shape index (κ2) is 4.79. The molecule has 0 spiro atoms. The summed E-state index contributed by atoms with van der Waals surface area (Å²) in [5.74, 6) is 1.57. The normalized spacial score (nSPS) is 11.1. The predicted molar refractivity (Wildman–Crippen MR) is 63.4 cm³/mol. The van der Waals surface area contributed by atoms with E-state index in [1.54, 1.807) is 12.1 Å². The molecular formula is C14H13FO. The minimum Gasteiger partial charge on any atom is -0.462 e. The SMILES string of the molecule is CCc1ccc(/C=C/c2ccc(F)cc2)o1. The molecule has 2 aromatic rings. The van der Waals surface area contributed by atoms with E-state index in [1.807, 2.05) is 31.2 Å². The highest BCUT2D eigenvalue weighted by atomic mass is 19.1. The zero-order valence-electron chi connectivity index (χ0n) is 9.11. The maximum atomic E-state index is 12.7. The number of aryl methyl sites for hydroxylation is 1. The van der Waals surface area contributed by atoms with Crippen LogP contribution in [0.3, 0.4) is 0 Å². The van der Waals surface area contributed by atoms with Crippen molar-refractivity contribution in [2.45, 2.75) is 13.3 Å². The lowest BCUT2D eigenvalue weighted by atomic mass is 10.2. The summed E-state index contributed by atoms with van der Waals surface area (Å²) >= 11 is 0. The number of hydrogen-bond acceptors (Lipinski definition) is 1. The van der Waals surface area contributed by atoms with E-state index in [0.29, 0.717) is 0 Å². The summed E-state index contributed by atoms with van der Waals surface area (Å²) in [7, 11) is 0. The van der Waals surface area contributed by atoms with Crippen LogP contribution in [0.15, 0.2) is 40.8 Å². The van der Waals surface area contributed by atoms with Crippen LogP contribution in [0.2, 0.25) is 0 Å². The third-order valence-corrected chi connectivity index (χ3v) is 2.34. The topological polar surface area (TPSA) is 13.1 Å². The van der Waals surface area contributed by atoms with Gasteiger partial charge in [-0.25, -0.2) is 4.39 Å². The quantitative estimate of drug-likeness (QED) is 0.751. The molecule has 82 valence electrons. The zero-order chi connectivity index (χ0) is 11.4. The van der Waals surface area contributed by atoms with E-state index in [-0.39, 0.29) is 5.82 Å².